The molecule has 2 aromatic rings. The molecular formula is C10H9ClN3NaO2S. The maximum atomic E-state index is 11.7. The molecule has 2 rings (SSSR count). The minimum Gasteiger partial charge on any atom is -1.00 e. The molecule has 0 aliphatic rings. The fourth-order valence-electron chi connectivity index (χ4n) is 1.31. The third-order valence-corrected chi connectivity index (χ3v) is 2.92. The molecule has 0 aliphatic carbocycles. The van der Waals surface area contributed by atoms with Crippen molar-refractivity contribution in [2.24, 2.45) is 0 Å². The standard InChI is InChI=1S/C10H8ClN3O2S.Na.H/c1-17-8-12-9(15)14(10(16)13-8)7-4-2-6(11)3-5-7;;/h2-5H,1H3,(H,12,13,15,16);;/q;+1;-1. The van der Waals surface area contributed by atoms with Crippen molar-refractivity contribution in [2.75, 3.05) is 6.26 Å². The Bertz CT molecular complexity index is 628. The average molecular weight is 294 g/mol. The summed E-state index contributed by atoms with van der Waals surface area (Å²) >= 11 is 6.94. The molecule has 5 nitrogen and oxygen atoms in total. The Kier molecular flexibility index (Phi) is 5.68. The molecule has 1 aromatic carbocycles. The Morgan fingerprint density at radius 1 is 1.33 bits per heavy atom. The number of hydrogen-bond acceptors (Lipinski definition) is 4. The summed E-state index contributed by atoms with van der Waals surface area (Å²) in [5.41, 5.74) is -0.696. The van der Waals surface area contributed by atoms with Crippen LogP contribution in [0.25, 0.3) is 5.69 Å². The first-order valence-electron chi connectivity index (χ1n) is 4.65. The van der Waals surface area contributed by atoms with Crippen molar-refractivity contribution in [3.05, 3.63) is 50.3 Å². The zero-order valence-electron chi connectivity index (χ0n) is 10.8. The van der Waals surface area contributed by atoms with Crippen molar-refractivity contribution in [3.63, 3.8) is 0 Å². The molecular weight excluding hydrogens is 285 g/mol. The number of H-pyrrole nitrogens is 1. The Balaban J connectivity index is 0.00000162. The van der Waals surface area contributed by atoms with Crippen molar-refractivity contribution >= 4 is 23.4 Å². The summed E-state index contributed by atoms with van der Waals surface area (Å²) in [5.74, 6) is 0. The van der Waals surface area contributed by atoms with Crippen LogP contribution >= 0.6 is 23.4 Å². The van der Waals surface area contributed by atoms with E-state index in [1.54, 1.807) is 30.5 Å². The second kappa shape index (κ2) is 6.58. The molecule has 0 aliphatic heterocycles. The molecule has 8 heteroatoms. The van der Waals surface area contributed by atoms with Crippen LogP contribution in [-0.4, -0.2) is 20.8 Å². The van der Waals surface area contributed by atoms with E-state index < -0.39 is 11.4 Å². The van der Waals surface area contributed by atoms with Crippen LogP contribution in [0.5, 0.6) is 0 Å². The topological polar surface area (TPSA) is 67.8 Å². The number of thioether (sulfide) groups is 1. The van der Waals surface area contributed by atoms with Crippen LogP contribution in [0.4, 0.5) is 0 Å². The largest absolute Gasteiger partial charge is 1.00 e. The Hall–Kier alpha value is -0.530. The first-order valence-corrected chi connectivity index (χ1v) is 6.25. The molecule has 0 atom stereocenters. The van der Waals surface area contributed by atoms with Crippen LogP contribution < -0.4 is 40.9 Å². The van der Waals surface area contributed by atoms with Gasteiger partial charge in [0, 0.05) is 5.02 Å². The third-order valence-electron chi connectivity index (χ3n) is 2.08. The summed E-state index contributed by atoms with van der Waals surface area (Å²) in [6.07, 6.45) is 1.73. The van der Waals surface area contributed by atoms with Gasteiger partial charge in [0.15, 0.2) is 5.16 Å². The molecule has 0 amide bonds. The fourth-order valence-corrected chi connectivity index (χ4v) is 1.80. The van der Waals surface area contributed by atoms with E-state index in [0.717, 1.165) is 4.57 Å². The van der Waals surface area contributed by atoms with E-state index in [4.69, 9.17) is 11.6 Å². The van der Waals surface area contributed by atoms with Gasteiger partial charge in [-0.05, 0) is 30.5 Å². The van der Waals surface area contributed by atoms with E-state index in [0.29, 0.717) is 15.9 Å². The van der Waals surface area contributed by atoms with Crippen molar-refractivity contribution in [1.29, 1.82) is 0 Å². The fraction of sp³-hybridized carbons (Fsp3) is 0.100. The van der Waals surface area contributed by atoms with Crippen LogP contribution in [0.15, 0.2) is 39.0 Å². The van der Waals surface area contributed by atoms with E-state index in [-0.39, 0.29) is 31.0 Å². The van der Waals surface area contributed by atoms with Crippen molar-refractivity contribution in [1.82, 2.24) is 14.5 Å². The molecule has 90 valence electrons. The van der Waals surface area contributed by atoms with E-state index in [9.17, 15) is 9.59 Å². The molecule has 0 bridgehead atoms. The average Bonchev–Trinajstić information content (AvgIpc) is 2.30. The minimum atomic E-state index is -0.611. The molecule has 1 heterocycles. The SMILES string of the molecule is CSc1nc(=O)n(-c2ccc(Cl)cc2)c(=O)[nH]1.[H-].[Na+]. The molecule has 1 N–H and O–H groups in total. The van der Waals surface area contributed by atoms with Gasteiger partial charge in [-0.2, -0.15) is 4.98 Å². The third kappa shape index (κ3) is 3.27. The normalized spacial score (nSPS) is 9.89. The number of rotatable bonds is 2. The number of halogens is 1. The maximum Gasteiger partial charge on any atom is 1.00 e. The van der Waals surface area contributed by atoms with Gasteiger partial charge in [0.25, 0.3) is 0 Å². The summed E-state index contributed by atoms with van der Waals surface area (Å²) in [6, 6.07) is 6.37. The minimum absolute atomic E-state index is 0. The predicted molar refractivity (Wildman–Crippen MR) is 68.4 cm³/mol. The summed E-state index contributed by atoms with van der Waals surface area (Å²) in [7, 11) is 0. The predicted octanol–water partition coefficient (Wildman–Crippen LogP) is -1.59. The molecule has 0 saturated heterocycles. The van der Waals surface area contributed by atoms with E-state index in [1.807, 2.05) is 0 Å². The van der Waals surface area contributed by atoms with Gasteiger partial charge in [0.1, 0.15) is 0 Å². The summed E-state index contributed by atoms with van der Waals surface area (Å²) < 4.78 is 0.954. The van der Waals surface area contributed by atoms with Crippen molar-refractivity contribution in [3.8, 4) is 5.69 Å². The van der Waals surface area contributed by atoms with Gasteiger partial charge in [-0.1, -0.05) is 23.4 Å². The Labute approximate surface area is 135 Å². The summed E-state index contributed by atoms with van der Waals surface area (Å²) in [6.45, 7) is 0. The maximum absolute atomic E-state index is 11.7. The summed E-state index contributed by atoms with van der Waals surface area (Å²) in [5, 5.41) is 0.831. The smallest absolute Gasteiger partial charge is 1.00 e. The number of nitrogens with zero attached hydrogens (tertiary/aromatic N) is 2. The number of benzene rings is 1. The van der Waals surface area contributed by atoms with Crippen molar-refractivity contribution in [2.45, 2.75) is 5.16 Å². The quantitative estimate of drug-likeness (QED) is 0.536. The molecule has 0 unspecified atom stereocenters. The van der Waals surface area contributed by atoms with Crippen LogP contribution in [0.2, 0.25) is 5.02 Å². The van der Waals surface area contributed by atoms with Gasteiger partial charge in [-0.25, -0.2) is 14.2 Å². The first kappa shape index (κ1) is 15.5. The monoisotopic (exact) mass is 293 g/mol. The van der Waals surface area contributed by atoms with Crippen molar-refractivity contribution < 1.29 is 31.0 Å². The number of aromatic nitrogens is 3. The molecule has 0 saturated carbocycles. The van der Waals surface area contributed by atoms with Crippen LogP contribution in [-0.2, 0) is 0 Å². The van der Waals surface area contributed by atoms with Crippen LogP contribution in [0, 0.1) is 0 Å². The molecule has 1 aromatic heterocycles. The van der Waals surface area contributed by atoms with Crippen LogP contribution in [0.3, 0.4) is 0 Å². The van der Waals surface area contributed by atoms with Gasteiger partial charge >= 0.3 is 40.9 Å². The van der Waals surface area contributed by atoms with E-state index in [2.05, 4.69) is 9.97 Å². The molecule has 18 heavy (non-hydrogen) atoms. The van der Waals surface area contributed by atoms with Gasteiger partial charge in [-0.15, -0.1) is 0 Å². The van der Waals surface area contributed by atoms with Gasteiger partial charge in [0.2, 0.25) is 0 Å². The molecule has 0 fully saturated rings. The zero-order valence-corrected chi connectivity index (χ0v) is 13.4. The first-order chi connectivity index (χ1) is 8.11. The number of aromatic amines is 1. The molecule has 0 spiro atoms. The Morgan fingerprint density at radius 2 is 1.94 bits per heavy atom. The van der Waals surface area contributed by atoms with Crippen LogP contribution in [0.1, 0.15) is 1.43 Å². The number of nitrogens with one attached hydrogen (secondary N) is 1. The summed E-state index contributed by atoms with van der Waals surface area (Å²) in [4.78, 5) is 29.7. The van der Waals surface area contributed by atoms with E-state index in [1.165, 1.54) is 11.8 Å². The second-order valence-electron chi connectivity index (χ2n) is 3.15. The molecule has 0 radical (unpaired) electrons. The zero-order chi connectivity index (χ0) is 12.4. The number of hydrogen-bond donors (Lipinski definition) is 1. The van der Waals surface area contributed by atoms with Gasteiger partial charge in [-0.3, -0.25) is 4.98 Å². The second-order valence-corrected chi connectivity index (χ2v) is 4.38. The van der Waals surface area contributed by atoms with E-state index >= 15 is 0 Å². The van der Waals surface area contributed by atoms with Gasteiger partial charge in [0.05, 0.1) is 5.69 Å². The Morgan fingerprint density at radius 3 is 2.44 bits per heavy atom. The van der Waals surface area contributed by atoms with Gasteiger partial charge < -0.3 is 1.43 Å².